The molecule has 0 aliphatic carbocycles. The SMILES string of the molecule is Cc1cc(NC(=O)[C@@H]2CS(=O)(=O)CN2C(=O)Nc2ccc(Cl)cc2)ccc1N1CCOCC1=O. The molecule has 2 fully saturated rings. The van der Waals surface area contributed by atoms with Gasteiger partial charge in [-0.3, -0.25) is 14.5 Å². The summed E-state index contributed by atoms with van der Waals surface area (Å²) in [5, 5.41) is 5.76. The molecule has 4 rings (SSSR count). The van der Waals surface area contributed by atoms with Crippen LogP contribution in [0.3, 0.4) is 0 Å². The van der Waals surface area contributed by atoms with E-state index in [4.69, 9.17) is 16.3 Å². The van der Waals surface area contributed by atoms with Crippen molar-refractivity contribution in [3.05, 3.63) is 53.1 Å². The van der Waals surface area contributed by atoms with E-state index in [1.807, 2.05) is 0 Å². The molecule has 0 bridgehead atoms. The number of ether oxygens (including phenoxy) is 1. The summed E-state index contributed by atoms with van der Waals surface area (Å²) in [6.07, 6.45) is 0. The van der Waals surface area contributed by atoms with Gasteiger partial charge in [0.15, 0.2) is 9.84 Å². The van der Waals surface area contributed by atoms with Gasteiger partial charge in [-0.25, -0.2) is 13.2 Å². The summed E-state index contributed by atoms with van der Waals surface area (Å²) in [6, 6.07) is 9.44. The number of benzene rings is 2. The molecule has 2 aliphatic heterocycles. The Labute approximate surface area is 201 Å². The van der Waals surface area contributed by atoms with Gasteiger partial charge >= 0.3 is 6.03 Å². The summed E-state index contributed by atoms with van der Waals surface area (Å²) in [4.78, 5) is 40.4. The van der Waals surface area contributed by atoms with Crippen molar-refractivity contribution in [3.8, 4) is 0 Å². The Morgan fingerprint density at radius 1 is 1.09 bits per heavy atom. The van der Waals surface area contributed by atoms with Gasteiger partial charge in [-0.1, -0.05) is 11.6 Å². The maximum atomic E-state index is 13.0. The number of nitrogens with one attached hydrogen (secondary N) is 2. The van der Waals surface area contributed by atoms with Crippen LogP contribution in [0.2, 0.25) is 5.02 Å². The summed E-state index contributed by atoms with van der Waals surface area (Å²) >= 11 is 5.85. The topological polar surface area (TPSA) is 125 Å². The van der Waals surface area contributed by atoms with E-state index >= 15 is 0 Å². The second-order valence-electron chi connectivity index (χ2n) is 8.05. The zero-order chi connectivity index (χ0) is 24.5. The van der Waals surface area contributed by atoms with Crippen LogP contribution in [0.4, 0.5) is 21.9 Å². The monoisotopic (exact) mass is 506 g/mol. The standard InChI is InChI=1S/C22H23ClN4O6S/c1-14-10-17(6-7-18(14)26-8-9-33-11-20(26)28)24-21(29)19-12-34(31,32)13-27(19)22(30)25-16-4-2-15(23)3-5-16/h2-7,10,19H,8-9,11-13H2,1H3,(H,24,29)(H,25,30)/t19-/m0/s1. The van der Waals surface area contributed by atoms with Gasteiger partial charge in [-0.05, 0) is 55.0 Å². The van der Waals surface area contributed by atoms with Crippen molar-refractivity contribution in [3.63, 3.8) is 0 Å². The molecule has 2 aliphatic rings. The van der Waals surface area contributed by atoms with Gasteiger partial charge in [0.05, 0.1) is 12.4 Å². The molecule has 2 aromatic rings. The minimum Gasteiger partial charge on any atom is -0.370 e. The van der Waals surface area contributed by atoms with Crippen molar-refractivity contribution in [1.82, 2.24) is 4.90 Å². The molecule has 34 heavy (non-hydrogen) atoms. The van der Waals surface area contributed by atoms with Crippen LogP contribution in [-0.2, 0) is 24.2 Å². The van der Waals surface area contributed by atoms with Gasteiger partial charge in [0.2, 0.25) is 5.91 Å². The van der Waals surface area contributed by atoms with E-state index in [-0.39, 0.29) is 12.5 Å². The first-order valence-corrected chi connectivity index (χ1v) is 12.7. The van der Waals surface area contributed by atoms with Crippen molar-refractivity contribution in [2.45, 2.75) is 13.0 Å². The molecule has 0 radical (unpaired) electrons. The van der Waals surface area contributed by atoms with E-state index in [1.165, 1.54) is 0 Å². The number of aryl methyl sites for hydroxylation is 1. The second-order valence-corrected chi connectivity index (χ2v) is 10.6. The summed E-state index contributed by atoms with van der Waals surface area (Å²) in [6.45, 7) is 2.69. The highest BCUT2D eigenvalue weighted by atomic mass is 35.5. The predicted molar refractivity (Wildman–Crippen MR) is 128 cm³/mol. The Balaban J connectivity index is 1.48. The third-order valence-electron chi connectivity index (χ3n) is 5.52. The summed E-state index contributed by atoms with van der Waals surface area (Å²) in [7, 11) is -3.63. The average molecular weight is 507 g/mol. The molecule has 12 heteroatoms. The minimum atomic E-state index is -3.63. The quantitative estimate of drug-likeness (QED) is 0.655. The number of nitrogens with zero attached hydrogens (tertiary/aromatic N) is 2. The predicted octanol–water partition coefficient (Wildman–Crippen LogP) is 2.24. The lowest BCUT2D eigenvalue weighted by atomic mass is 10.1. The lowest BCUT2D eigenvalue weighted by molar-refractivity contribution is -0.125. The number of hydrogen-bond donors (Lipinski definition) is 2. The van der Waals surface area contributed by atoms with Crippen LogP contribution < -0.4 is 15.5 Å². The maximum Gasteiger partial charge on any atom is 0.323 e. The van der Waals surface area contributed by atoms with E-state index in [0.717, 1.165) is 10.5 Å². The highest BCUT2D eigenvalue weighted by molar-refractivity contribution is 7.91. The van der Waals surface area contributed by atoms with Crippen LogP contribution in [0.25, 0.3) is 0 Å². The van der Waals surface area contributed by atoms with Crippen LogP contribution >= 0.6 is 11.6 Å². The van der Waals surface area contributed by atoms with Crippen LogP contribution in [0.5, 0.6) is 0 Å². The van der Waals surface area contributed by atoms with Crippen molar-refractivity contribution < 1.29 is 27.5 Å². The molecule has 4 amide bonds. The molecule has 0 unspecified atom stereocenters. The number of halogens is 1. The molecule has 10 nitrogen and oxygen atoms in total. The number of urea groups is 1. The molecule has 1 atom stereocenters. The van der Waals surface area contributed by atoms with Crippen LogP contribution in [0, 0.1) is 6.92 Å². The molecule has 2 N–H and O–H groups in total. The normalized spacial score (nSPS) is 19.7. The van der Waals surface area contributed by atoms with E-state index in [0.29, 0.717) is 35.2 Å². The van der Waals surface area contributed by atoms with Crippen LogP contribution in [-0.4, -0.2) is 68.6 Å². The third-order valence-corrected chi connectivity index (χ3v) is 7.27. The molecule has 0 aromatic heterocycles. The van der Waals surface area contributed by atoms with Gasteiger partial charge in [0.1, 0.15) is 18.5 Å². The number of carbonyl (C=O) groups is 3. The fourth-order valence-electron chi connectivity index (χ4n) is 3.87. The number of rotatable bonds is 4. The number of anilines is 3. The van der Waals surface area contributed by atoms with E-state index in [9.17, 15) is 22.8 Å². The minimum absolute atomic E-state index is 0.0159. The van der Waals surface area contributed by atoms with Gasteiger partial charge in [-0.2, -0.15) is 0 Å². The van der Waals surface area contributed by atoms with Crippen molar-refractivity contribution in [2.24, 2.45) is 0 Å². The Hall–Kier alpha value is -3.15. The number of hydrogen-bond acceptors (Lipinski definition) is 6. The van der Waals surface area contributed by atoms with Gasteiger partial charge in [-0.15, -0.1) is 0 Å². The van der Waals surface area contributed by atoms with Gasteiger partial charge in [0.25, 0.3) is 5.91 Å². The smallest absolute Gasteiger partial charge is 0.323 e. The number of sulfone groups is 1. The van der Waals surface area contributed by atoms with E-state index in [1.54, 1.807) is 54.3 Å². The number of morpholine rings is 1. The van der Waals surface area contributed by atoms with Crippen LogP contribution in [0.15, 0.2) is 42.5 Å². The largest absolute Gasteiger partial charge is 0.370 e. The molecule has 2 aromatic carbocycles. The van der Waals surface area contributed by atoms with Crippen molar-refractivity contribution in [2.75, 3.05) is 46.9 Å². The molecule has 0 saturated carbocycles. The Kier molecular flexibility index (Phi) is 6.78. The zero-order valence-corrected chi connectivity index (χ0v) is 19.9. The lowest BCUT2D eigenvalue weighted by Crippen LogP contribution is -2.46. The summed E-state index contributed by atoms with van der Waals surface area (Å²) in [5.74, 6) is -1.82. The van der Waals surface area contributed by atoms with Crippen molar-refractivity contribution in [1.29, 1.82) is 0 Å². The zero-order valence-electron chi connectivity index (χ0n) is 18.3. The highest BCUT2D eigenvalue weighted by Gasteiger charge is 2.42. The maximum absolute atomic E-state index is 13.0. The second kappa shape index (κ2) is 9.61. The molecule has 0 spiro atoms. The molecular weight excluding hydrogens is 484 g/mol. The fraction of sp³-hybridized carbons (Fsp3) is 0.318. The third kappa shape index (κ3) is 5.32. The number of amides is 4. The average Bonchev–Trinajstić information content (AvgIpc) is 3.12. The van der Waals surface area contributed by atoms with E-state index < -0.39 is 39.4 Å². The first-order chi connectivity index (χ1) is 16.1. The summed E-state index contributed by atoms with van der Waals surface area (Å²) < 4.78 is 29.7. The van der Waals surface area contributed by atoms with Gasteiger partial charge < -0.3 is 20.3 Å². The Morgan fingerprint density at radius 2 is 1.79 bits per heavy atom. The van der Waals surface area contributed by atoms with Crippen molar-refractivity contribution >= 4 is 56.3 Å². The first-order valence-electron chi connectivity index (χ1n) is 10.5. The van der Waals surface area contributed by atoms with Crippen LogP contribution in [0.1, 0.15) is 5.56 Å². The first kappa shape index (κ1) is 24.0. The summed E-state index contributed by atoms with van der Waals surface area (Å²) in [5.41, 5.74) is 2.30. The highest BCUT2D eigenvalue weighted by Crippen LogP contribution is 2.26. The Bertz CT molecular complexity index is 1230. The molecule has 2 saturated heterocycles. The number of carbonyl (C=O) groups excluding carboxylic acids is 3. The molecule has 2 heterocycles. The lowest BCUT2D eigenvalue weighted by Gasteiger charge is -2.28. The van der Waals surface area contributed by atoms with E-state index in [2.05, 4.69) is 10.6 Å². The Morgan fingerprint density at radius 3 is 2.47 bits per heavy atom. The molecule has 180 valence electrons. The van der Waals surface area contributed by atoms with Gasteiger partial charge in [0, 0.05) is 28.6 Å². The fourth-order valence-corrected chi connectivity index (χ4v) is 5.63. The molecular formula is C22H23ClN4O6S.